The molecule has 1 aliphatic rings. The number of rotatable bonds is 7. The molecule has 1 fully saturated rings. The molecule has 5 nitrogen and oxygen atoms in total. The Kier molecular flexibility index (Phi) is 5.16. The van der Waals surface area contributed by atoms with Crippen molar-refractivity contribution >= 4 is 17.2 Å². The monoisotopic (exact) mass is 379 g/mol. The summed E-state index contributed by atoms with van der Waals surface area (Å²) in [6, 6.07) is 13.5. The predicted molar refractivity (Wildman–Crippen MR) is 105 cm³/mol. The maximum atomic E-state index is 13.1. The molecule has 3 aromatic rings. The molecule has 0 aliphatic heterocycles. The van der Waals surface area contributed by atoms with E-state index in [1.807, 2.05) is 59.7 Å². The van der Waals surface area contributed by atoms with Crippen molar-refractivity contribution < 1.29 is 9.53 Å². The second-order valence-corrected chi connectivity index (χ2v) is 7.72. The summed E-state index contributed by atoms with van der Waals surface area (Å²) in [4.78, 5) is 23.8. The van der Waals surface area contributed by atoms with E-state index in [9.17, 15) is 4.79 Å². The average molecular weight is 379 g/mol. The summed E-state index contributed by atoms with van der Waals surface area (Å²) in [5, 5.41) is 3.01. The van der Waals surface area contributed by atoms with Crippen molar-refractivity contribution in [3.63, 3.8) is 0 Å². The van der Waals surface area contributed by atoms with Gasteiger partial charge in [0.15, 0.2) is 0 Å². The smallest absolute Gasteiger partial charge is 0.254 e. The van der Waals surface area contributed by atoms with E-state index in [1.165, 1.54) is 0 Å². The maximum absolute atomic E-state index is 13.1. The first-order chi connectivity index (χ1) is 13.2. The molecule has 0 bridgehead atoms. The van der Waals surface area contributed by atoms with Crippen molar-refractivity contribution in [2.75, 3.05) is 0 Å². The van der Waals surface area contributed by atoms with Crippen molar-refractivity contribution in [1.29, 1.82) is 0 Å². The highest BCUT2D eigenvalue weighted by Gasteiger charge is 2.33. The van der Waals surface area contributed by atoms with Crippen LogP contribution in [-0.4, -0.2) is 26.8 Å². The number of pyridine rings is 1. The van der Waals surface area contributed by atoms with Crippen LogP contribution in [0.3, 0.4) is 0 Å². The lowest BCUT2D eigenvalue weighted by molar-refractivity contribution is 0.0727. The van der Waals surface area contributed by atoms with Crippen LogP contribution in [0.2, 0.25) is 0 Å². The van der Waals surface area contributed by atoms with Gasteiger partial charge in [0.1, 0.15) is 12.4 Å². The predicted octanol–water partition coefficient (Wildman–Crippen LogP) is 4.23. The molecule has 2 heterocycles. The van der Waals surface area contributed by atoms with Crippen molar-refractivity contribution in [3.05, 3.63) is 76.0 Å². The van der Waals surface area contributed by atoms with Crippen LogP contribution in [0.25, 0.3) is 0 Å². The van der Waals surface area contributed by atoms with E-state index in [4.69, 9.17) is 4.74 Å². The van der Waals surface area contributed by atoms with Gasteiger partial charge in [0.2, 0.25) is 0 Å². The topological polar surface area (TPSA) is 55.3 Å². The Morgan fingerprint density at radius 3 is 2.81 bits per heavy atom. The molecule has 0 atom stereocenters. The lowest BCUT2D eigenvalue weighted by Gasteiger charge is -2.22. The van der Waals surface area contributed by atoms with Crippen LogP contribution >= 0.6 is 11.3 Å². The highest BCUT2D eigenvalue weighted by atomic mass is 32.1. The number of benzene rings is 1. The van der Waals surface area contributed by atoms with E-state index in [1.54, 1.807) is 17.5 Å². The Bertz CT molecular complexity index is 922. The van der Waals surface area contributed by atoms with Crippen molar-refractivity contribution in [3.8, 4) is 5.75 Å². The fourth-order valence-electron chi connectivity index (χ4n) is 2.94. The van der Waals surface area contributed by atoms with Gasteiger partial charge >= 0.3 is 0 Å². The van der Waals surface area contributed by atoms with Crippen LogP contribution in [0, 0.1) is 6.92 Å². The van der Waals surface area contributed by atoms with E-state index in [0.717, 1.165) is 29.2 Å². The van der Waals surface area contributed by atoms with Crippen molar-refractivity contribution in [2.45, 2.75) is 39.0 Å². The minimum atomic E-state index is 0.0260. The van der Waals surface area contributed by atoms with Crippen LogP contribution < -0.4 is 4.74 Å². The fourth-order valence-corrected chi connectivity index (χ4v) is 3.53. The van der Waals surface area contributed by atoms with Gasteiger partial charge in [-0.15, -0.1) is 11.3 Å². The molecular formula is C21H21N3O2S. The molecule has 138 valence electrons. The molecule has 27 heavy (non-hydrogen) atoms. The van der Waals surface area contributed by atoms with Gasteiger partial charge in [-0.05, 0) is 50.1 Å². The quantitative estimate of drug-likeness (QED) is 0.616. The molecule has 1 amide bonds. The largest absolute Gasteiger partial charge is 0.487 e. The number of thiazole rings is 1. The number of hydrogen-bond donors (Lipinski definition) is 0. The molecule has 1 aromatic carbocycles. The zero-order chi connectivity index (χ0) is 18.6. The fraction of sp³-hybridized carbons (Fsp3) is 0.286. The van der Waals surface area contributed by atoms with Gasteiger partial charge < -0.3 is 9.64 Å². The number of carbonyl (C=O) groups excluding carboxylic acids is 1. The van der Waals surface area contributed by atoms with Crippen LogP contribution in [0.5, 0.6) is 5.75 Å². The summed E-state index contributed by atoms with van der Waals surface area (Å²) >= 11 is 1.60. The molecule has 1 aliphatic carbocycles. The van der Waals surface area contributed by atoms with Gasteiger partial charge in [-0.25, -0.2) is 4.98 Å². The van der Waals surface area contributed by atoms with E-state index < -0.39 is 0 Å². The van der Waals surface area contributed by atoms with Crippen molar-refractivity contribution in [2.24, 2.45) is 0 Å². The molecule has 1 saturated carbocycles. The second-order valence-electron chi connectivity index (χ2n) is 6.66. The number of ether oxygens (including phenoxy) is 1. The Morgan fingerprint density at radius 1 is 1.22 bits per heavy atom. The number of nitrogens with zero attached hydrogens (tertiary/aromatic N) is 3. The minimum Gasteiger partial charge on any atom is -0.487 e. The first kappa shape index (κ1) is 17.7. The van der Waals surface area contributed by atoms with Gasteiger partial charge in [-0.2, -0.15) is 0 Å². The SMILES string of the molecule is Cc1nc(COc2cccc(C(=O)N(Cc3ccccn3)C3CC3)c2)cs1. The normalized spacial score (nSPS) is 13.4. The van der Waals surface area contributed by atoms with E-state index in [2.05, 4.69) is 9.97 Å². The van der Waals surface area contributed by atoms with Crippen LogP contribution in [0.15, 0.2) is 54.0 Å². The van der Waals surface area contributed by atoms with E-state index in [-0.39, 0.29) is 5.91 Å². The Hall–Kier alpha value is -2.73. The summed E-state index contributed by atoms with van der Waals surface area (Å²) in [6.07, 6.45) is 3.87. The van der Waals surface area contributed by atoms with Crippen LogP contribution in [-0.2, 0) is 13.2 Å². The first-order valence-corrected chi connectivity index (χ1v) is 9.92. The molecule has 4 rings (SSSR count). The van der Waals surface area contributed by atoms with Crippen LogP contribution in [0.4, 0.5) is 0 Å². The third-order valence-electron chi connectivity index (χ3n) is 4.44. The lowest BCUT2D eigenvalue weighted by atomic mass is 10.1. The van der Waals surface area contributed by atoms with Crippen LogP contribution in [0.1, 0.15) is 39.6 Å². The molecule has 2 aromatic heterocycles. The highest BCUT2D eigenvalue weighted by molar-refractivity contribution is 7.09. The zero-order valence-corrected chi connectivity index (χ0v) is 16.0. The zero-order valence-electron chi connectivity index (χ0n) is 15.2. The third-order valence-corrected chi connectivity index (χ3v) is 5.26. The lowest BCUT2D eigenvalue weighted by Crippen LogP contribution is -2.32. The maximum Gasteiger partial charge on any atom is 0.254 e. The Balaban J connectivity index is 1.47. The first-order valence-electron chi connectivity index (χ1n) is 9.04. The number of aromatic nitrogens is 2. The molecule has 0 saturated heterocycles. The molecule has 0 radical (unpaired) electrons. The number of aryl methyl sites for hydroxylation is 1. The van der Waals surface area contributed by atoms with Gasteiger partial charge in [-0.3, -0.25) is 9.78 Å². The van der Waals surface area contributed by atoms with Gasteiger partial charge in [-0.1, -0.05) is 12.1 Å². The third kappa shape index (κ3) is 4.52. The standard InChI is InChI=1S/C21H21N3O2S/c1-15-23-18(14-27-15)13-26-20-7-4-5-16(11-20)21(25)24(19-8-9-19)12-17-6-2-3-10-22-17/h2-7,10-11,14,19H,8-9,12-13H2,1H3. The molecule has 6 heteroatoms. The van der Waals surface area contributed by atoms with E-state index >= 15 is 0 Å². The molecular weight excluding hydrogens is 358 g/mol. The summed E-state index contributed by atoms with van der Waals surface area (Å²) < 4.78 is 5.83. The Labute approximate surface area is 162 Å². The summed E-state index contributed by atoms with van der Waals surface area (Å²) in [5.74, 6) is 0.707. The van der Waals surface area contributed by atoms with Gasteiger partial charge in [0.25, 0.3) is 5.91 Å². The van der Waals surface area contributed by atoms with Gasteiger partial charge in [0, 0.05) is 23.2 Å². The van der Waals surface area contributed by atoms with Gasteiger partial charge in [0.05, 0.1) is 22.9 Å². The molecule has 0 unspecified atom stereocenters. The number of amides is 1. The number of carbonyl (C=O) groups is 1. The summed E-state index contributed by atoms with van der Waals surface area (Å²) in [5.41, 5.74) is 2.46. The summed E-state index contributed by atoms with van der Waals surface area (Å²) in [7, 11) is 0. The summed E-state index contributed by atoms with van der Waals surface area (Å²) in [6.45, 7) is 2.91. The molecule has 0 spiro atoms. The second kappa shape index (κ2) is 7.88. The number of hydrogen-bond acceptors (Lipinski definition) is 5. The molecule has 0 N–H and O–H groups in total. The Morgan fingerprint density at radius 2 is 2.11 bits per heavy atom. The minimum absolute atomic E-state index is 0.0260. The highest BCUT2D eigenvalue weighted by Crippen LogP contribution is 2.30. The van der Waals surface area contributed by atoms with Crippen molar-refractivity contribution in [1.82, 2.24) is 14.9 Å². The average Bonchev–Trinajstić information content (AvgIpc) is 3.46. The van der Waals surface area contributed by atoms with E-state index in [0.29, 0.717) is 30.5 Å².